The number of anilines is 3. The van der Waals surface area contributed by atoms with Gasteiger partial charge in [0.25, 0.3) is 5.91 Å². The molecule has 6 nitrogen and oxygen atoms in total. The van der Waals surface area contributed by atoms with Crippen molar-refractivity contribution in [1.82, 2.24) is 0 Å². The van der Waals surface area contributed by atoms with E-state index in [-0.39, 0.29) is 12.3 Å². The number of hydrogen-bond acceptors (Lipinski definition) is 4. The zero-order valence-electron chi connectivity index (χ0n) is 15.1. The molecule has 4 rings (SSSR count). The van der Waals surface area contributed by atoms with E-state index in [1.165, 1.54) is 40.5 Å². The van der Waals surface area contributed by atoms with E-state index in [0.29, 0.717) is 21.9 Å². The van der Waals surface area contributed by atoms with Gasteiger partial charge in [0.2, 0.25) is 11.8 Å². The van der Waals surface area contributed by atoms with Crippen LogP contribution in [0.2, 0.25) is 0 Å². The highest BCUT2D eigenvalue weighted by atomic mass is 32.1. The van der Waals surface area contributed by atoms with E-state index in [1.807, 2.05) is 0 Å². The lowest BCUT2D eigenvalue weighted by molar-refractivity contribution is -0.122. The second-order valence-corrected chi connectivity index (χ2v) is 7.38. The number of para-hydroxylation sites is 2. The number of hydrogen-bond donors (Lipinski definition) is 2. The number of carbonyl (C=O) groups excluding carboxylic acids is 3. The van der Waals surface area contributed by atoms with Crippen molar-refractivity contribution in [3.8, 4) is 0 Å². The Morgan fingerprint density at radius 2 is 1.83 bits per heavy atom. The zero-order valence-corrected chi connectivity index (χ0v) is 15.9. The summed E-state index contributed by atoms with van der Waals surface area (Å²) in [4.78, 5) is 40.3. The van der Waals surface area contributed by atoms with Gasteiger partial charge in [0.05, 0.1) is 22.7 Å². The third-order valence-electron chi connectivity index (χ3n) is 4.49. The first-order valence-electron chi connectivity index (χ1n) is 8.85. The quantitative estimate of drug-likeness (QED) is 0.686. The van der Waals surface area contributed by atoms with E-state index in [0.717, 1.165) is 0 Å². The first kappa shape index (κ1) is 18.8. The number of benzene rings is 2. The largest absolute Gasteiger partial charge is 0.326 e. The molecule has 1 aliphatic heterocycles. The summed E-state index contributed by atoms with van der Waals surface area (Å²) in [5, 5.41) is 7.17. The molecule has 2 aromatic carbocycles. The van der Waals surface area contributed by atoms with Crippen LogP contribution < -0.4 is 15.5 Å². The fourth-order valence-electron chi connectivity index (χ4n) is 3.17. The molecule has 0 saturated heterocycles. The standard InChI is InChI=1S/C21H16FN3O3S/c22-13-7-9-14(10-8-13)23-19(26)12-17-20(27)24-15-4-1-2-5-16(15)25(17)21(28)18-6-3-11-29-18/h1-11,17H,12H2,(H,23,26)(H,24,27)/t17-/m0/s1. The summed E-state index contributed by atoms with van der Waals surface area (Å²) < 4.78 is 13.1. The molecular weight excluding hydrogens is 393 g/mol. The van der Waals surface area contributed by atoms with E-state index in [9.17, 15) is 18.8 Å². The van der Waals surface area contributed by atoms with Gasteiger partial charge < -0.3 is 10.6 Å². The highest BCUT2D eigenvalue weighted by Gasteiger charge is 2.38. The third kappa shape index (κ3) is 3.88. The number of thiophene rings is 1. The van der Waals surface area contributed by atoms with Crippen LogP contribution in [0.1, 0.15) is 16.1 Å². The lowest BCUT2D eigenvalue weighted by Gasteiger charge is -2.35. The molecule has 1 aliphatic rings. The molecule has 29 heavy (non-hydrogen) atoms. The molecule has 146 valence electrons. The van der Waals surface area contributed by atoms with Gasteiger partial charge in [0.15, 0.2) is 0 Å². The number of nitrogens with one attached hydrogen (secondary N) is 2. The molecule has 0 radical (unpaired) electrons. The monoisotopic (exact) mass is 409 g/mol. The fourth-order valence-corrected chi connectivity index (χ4v) is 3.83. The Balaban J connectivity index is 1.62. The summed E-state index contributed by atoms with van der Waals surface area (Å²) in [5.74, 6) is -1.66. The molecule has 1 atom stereocenters. The Hall–Kier alpha value is -3.52. The molecule has 0 fully saturated rings. The topological polar surface area (TPSA) is 78.5 Å². The zero-order chi connectivity index (χ0) is 20.4. The van der Waals surface area contributed by atoms with E-state index in [2.05, 4.69) is 10.6 Å². The van der Waals surface area contributed by atoms with Crippen LogP contribution in [-0.2, 0) is 9.59 Å². The lowest BCUT2D eigenvalue weighted by Crippen LogP contribution is -2.52. The number of halogens is 1. The van der Waals surface area contributed by atoms with Gasteiger partial charge in [-0.2, -0.15) is 0 Å². The normalized spacial score (nSPS) is 15.4. The maximum absolute atomic E-state index is 13.1. The molecule has 0 bridgehead atoms. The highest BCUT2D eigenvalue weighted by Crippen LogP contribution is 2.34. The predicted molar refractivity (Wildman–Crippen MR) is 110 cm³/mol. The van der Waals surface area contributed by atoms with E-state index >= 15 is 0 Å². The van der Waals surface area contributed by atoms with E-state index in [4.69, 9.17) is 0 Å². The van der Waals surface area contributed by atoms with Crippen LogP contribution >= 0.6 is 11.3 Å². The maximum atomic E-state index is 13.1. The van der Waals surface area contributed by atoms with Gasteiger partial charge in [-0.3, -0.25) is 19.3 Å². The molecule has 2 heterocycles. The molecule has 2 N–H and O–H groups in total. The maximum Gasteiger partial charge on any atom is 0.269 e. The molecule has 0 unspecified atom stereocenters. The summed E-state index contributed by atoms with van der Waals surface area (Å²) in [6.45, 7) is 0. The average molecular weight is 409 g/mol. The third-order valence-corrected chi connectivity index (χ3v) is 5.35. The van der Waals surface area contributed by atoms with Crippen LogP contribution in [0, 0.1) is 5.82 Å². The number of fused-ring (bicyclic) bond motifs is 1. The molecule has 3 aromatic rings. The van der Waals surface area contributed by atoms with Crippen molar-refractivity contribution in [2.75, 3.05) is 15.5 Å². The number of rotatable bonds is 4. The van der Waals surface area contributed by atoms with Crippen LogP contribution in [-0.4, -0.2) is 23.8 Å². The van der Waals surface area contributed by atoms with Crippen molar-refractivity contribution in [2.24, 2.45) is 0 Å². The van der Waals surface area contributed by atoms with Gasteiger partial charge >= 0.3 is 0 Å². The predicted octanol–water partition coefficient (Wildman–Crippen LogP) is 3.88. The summed E-state index contributed by atoms with van der Waals surface area (Å²) in [6, 6.07) is 14.7. The second kappa shape index (κ2) is 7.84. The fraction of sp³-hybridized carbons (Fsp3) is 0.0952. The molecule has 0 aliphatic carbocycles. The van der Waals surface area contributed by atoms with Crippen LogP contribution in [0.25, 0.3) is 0 Å². The van der Waals surface area contributed by atoms with Crippen LogP contribution in [0.3, 0.4) is 0 Å². The van der Waals surface area contributed by atoms with Crippen LogP contribution in [0.15, 0.2) is 66.0 Å². The first-order chi connectivity index (χ1) is 14.0. The van der Waals surface area contributed by atoms with Crippen LogP contribution in [0.5, 0.6) is 0 Å². The van der Waals surface area contributed by atoms with Crippen molar-refractivity contribution in [1.29, 1.82) is 0 Å². The minimum absolute atomic E-state index is 0.241. The Bertz CT molecular complexity index is 1070. The van der Waals surface area contributed by atoms with Crippen molar-refractivity contribution >= 4 is 46.1 Å². The molecular formula is C21H16FN3O3S. The second-order valence-electron chi connectivity index (χ2n) is 6.43. The van der Waals surface area contributed by atoms with E-state index < -0.39 is 23.7 Å². The van der Waals surface area contributed by atoms with Gasteiger partial charge in [-0.1, -0.05) is 18.2 Å². The van der Waals surface area contributed by atoms with Gasteiger partial charge in [-0.05, 0) is 47.8 Å². The number of carbonyl (C=O) groups is 3. The minimum Gasteiger partial charge on any atom is -0.326 e. The van der Waals surface area contributed by atoms with Crippen LogP contribution in [0.4, 0.5) is 21.5 Å². The Labute approximate surface area is 170 Å². The Morgan fingerprint density at radius 3 is 2.55 bits per heavy atom. The van der Waals surface area contributed by atoms with E-state index in [1.54, 1.807) is 41.8 Å². The minimum atomic E-state index is -1.01. The van der Waals surface area contributed by atoms with Gasteiger partial charge in [-0.15, -0.1) is 11.3 Å². The summed E-state index contributed by atoms with van der Waals surface area (Å²) in [7, 11) is 0. The average Bonchev–Trinajstić information content (AvgIpc) is 3.25. The summed E-state index contributed by atoms with van der Waals surface area (Å²) in [6.07, 6.45) is -0.241. The summed E-state index contributed by atoms with van der Waals surface area (Å²) >= 11 is 1.27. The Kier molecular flexibility index (Phi) is 5.09. The van der Waals surface area contributed by atoms with Crippen molar-refractivity contribution < 1.29 is 18.8 Å². The van der Waals surface area contributed by atoms with Gasteiger partial charge in [0.1, 0.15) is 11.9 Å². The van der Waals surface area contributed by atoms with Gasteiger partial charge in [-0.25, -0.2) is 4.39 Å². The molecule has 0 saturated carbocycles. The van der Waals surface area contributed by atoms with Gasteiger partial charge in [0, 0.05) is 5.69 Å². The molecule has 0 spiro atoms. The number of nitrogens with zero attached hydrogens (tertiary/aromatic N) is 1. The Morgan fingerprint density at radius 1 is 1.07 bits per heavy atom. The number of amides is 3. The lowest BCUT2D eigenvalue weighted by atomic mass is 10.0. The molecule has 8 heteroatoms. The van der Waals surface area contributed by atoms with Crippen molar-refractivity contribution in [3.05, 3.63) is 76.7 Å². The SMILES string of the molecule is O=C(C[C@H]1C(=O)Nc2ccccc2N1C(=O)c1cccs1)Nc1ccc(F)cc1. The molecule has 1 aromatic heterocycles. The molecule has 3 amide bonds. The van der Waals surface area contributed by atoms with Crippen molar-refractivity contribution in [2.45, 2.75) is 12.5 Å². The summed E-state index contributed by atoms with van der Waals surface area (Å²) in [5.41, 5.74) is 1.45. The first-order valence-corrected chi connectivity index (χ1v) is 9.73. The highest BCUT2D eigenvalue weighted by molar-refractivity contribution is 7.12. The smallest absolute Gasteiger partial charge is 0.269 e. The van der Waals surface area contributed by atoms with Crippen molar-refractivity contribution in [3.63, 3.8) is 0 Å².